The van der Waals surface area contributed by atoms with Crippen molar-refractivity contribution in [2.75, 3.05) is 32.8 Å². The van der Waals surface area contributed by atoms with E-state index in [0.29, 0.717) is 37.9 Å². The van der Waals surface area contributed by atoms with E-state index in [1.165, 1.54) is 6.26 Å². The number of carbonyl (C=O) groups is 3. The molecule has 1 aromatic rings. The Kier molecular flexibility index (Phi) is 5.01. The smallest absolute Gasteiger partial charge is 0.321 e. The Hall–Kier alpha value is -2.84. The van der Waals surface area contributed by atoms with Crippen LogP contribution in [0.1, 0.15) is 18.7 Å². The molecule has 25 heavy (non-hydrogen) atoms. The second-order valence-electron chi connectivity index (χ2n) is 5.76. The second-order valence-corrected chi connectivity index (χ2v) is 5.76. The van der Waals surface area contributed by atoms with Gasteiger partial charge in [-0.3, -0.25) is 19.7 Å². The van der Waals surface area contributed by atoms with Crippen LogP contribution in [0.25, 0.3) is 0 Å². The Morgan fingerprint density at radius 2 is 2.20 bits per heavy atom. The molecule has 0 spiro atoms. The first kappa shape index (κ1) is 17.0. The molecule has 1 N–H and O–H groups in total. The molecule has 2 aliphatic rings. The molecule has 2 atom stereocenters. The topological polar surface area (TPSA) is 104 Å². The fourth-order valence-corrected chi connectivity index (χ4v) is 2.93. The quantitative estimate of drug-likeness (QED) is 0.457. The molecule has 9 heteroatoms. The summed E-state index contributed by atoms with van der Waals surface area (Å²) in [6.45, 7) is 4.05. The predicted molar refractivity (Wildman–Crippen MR) is 86.4 cm³/mol. The molecule has 0 radical (unpaired) electrons. The summed E-state index contributed by atoms with van der Waals surface area (Å²) in [5.74, 6) is -1.38. The first-order chi connectivity index (χ1) is 12.1. The van der Waals surface area contributed by atoms with Gasteiger partial charge in [0.15, 0.2) is 5.92 Å². The Morgan fingerprint density at radius 1 is 1.44 bits per heavy atom. The number of carbonyl (C=O) groups excluding carboxylic acids is 3. The minimum absolute atomic E-state index is 0.178. The summed E-state index contributed by atoms with van der Waals surface area (Å²) in [5.41, 5.74) is 0. The number of hydrogen-bond donors (Lipinski definition) is 1. The van der Waals surface area contributed by atoms with E-state index in [-0.39, 0.29) is 6.61 Å². The Bertz CT molecular complexity index is 664. The van der Waals surface area contributed by atoms with Gasteiger partial charge >= 0.3 is 5.97 Å². The molecule has 134 valence electrons. The van der Waals surface area contributed by atoms with Gasteiger partial charge in [-0.25, -0.2) is 4.99 Å². The van der Waals surface area contributed by atoms with Crippen molar-refractivity contribution in [3.05, 3.63) is 24.2 Å². The molecule has 1 aromatic heterocycles. The number of esters is 1. The molecular weight excluding hydrogens is 328 g/mol. The first-order valence-corrected chi connectivity index (χ1v) is 8.17. The molecule has 1 fully saturated rings. The highest BCUT2D eigenvalue weighted by Crippen LogP contribution is 2.31. The van der Waals surface area contributed by atoms with E-state index in [9.17, 15) is 14.4 Å². The van der Waals surface area contributed by atoms with Crippen molar-refractivity contribution in [2.24, 2.45) is 10.9 Å². The van der Waals surface area contributed by atoms with Gasteiger partial charge in [0, 0.05) is 26.2 Å². The van der Waals surface area contributed by atoms with Crippen LogP contribution in [0, 0.1) is 5.92 Å². The molecule has 1 saturated heterocycles. The van der Waals surface area contributed by atoms with Gasteiger partial charge in [0.2, 0.25) is 18.3 Å². The van der Waals surface area contributed by atoms with Crippen LogP contribution in [0.2, 0.25) is 0 Å². The first-order valence-electron chi connectivity index (χ1n) is 8.17. The molecule has 0 aliphatic carbocycles. The summed E-state index contributed by atoms with van der Waals surface area (Å²) < 4.78 is 10.4. The lowest BCUT2D eigenvalue weighted by molar-refractivity contribution is -0.153. The maximum Gasteiger partial charge on any atom is 0.321 e. The maximum absolute atomic E-state index is 12.6. The van der Waals surface area contributed by atoms with Crippen molar-refractivity contribution >= 4 is 24.2 Å². The van der Waals surface area contributed by atoms with Crippen LogP contribution in [0.4, 0.5) is 0 Å². The minimum Gasteiger partial charge on any atom is -0.467 e. The molecule has 3 heterocycles. The summed E-state index contributed by atoms with van der Waals surface area (Å²) >= 11 is 0. The lowest BCUT2D eigenvalue weighted by Crippen LogP contribution is -2.57. The lowest BCUT2D eigenvalue weighted by atomic mass is 9.95. The highest BCUT2D eigenvalue weighted by molar-refractivity contribution is 6.08. The van der Waals surface area contributed by atoms with Crippen molar-refractivity contribution < 1.29 is 23.5 Å². The van der Waals surface area contributed by atoms with E-state index in [1.807, 2.05) is 4.90 Å². The zero-order valence-electron chi connectivity index (χ0n) is 13.9. The fourth-order valence-electron chi connectivity index (χ4n) is 2.93. The number of amides is 2. The number of piperazine rings is 1. The summed E-state index contributed by atoms with van der Waals surface area (Å²) in [6, 6.07) is 2.59. The van der Waals surface area contributed by atoms with Gasteiger partial charge in [-0.05, 0) is 19.1 Å². The van der Waals surface area contributed by atoms with Crippen LogP contribution in [-0.4, -0.2) is 66.8 Å². The van der Waals surface area contributed by atoms with Crippen LogP contribution < -0.4 is 5.32 Å². The van der Waals surface area contributed by atoms with Crippen LogP contribution in [0.5, 0.6) is 0 Å². The molecule has 0 aromatic carbocycles. The zero-order valence-corrected chi connectivity index (χ0v) is 13.9. The summed E-state index contributed by atoms with van der Waals surface area (Å²) in [6.07, 6.45) is 2.28. The Labute approximate surface area is 144 Å². The summed E-state index contributed by atoms with van der Waals surface area (Å²) in [7, 11) is 0. The largest absolute Gasteiger partial charge is 0.467 e. The van der Waals surface area contributed by atoms with Crippen molar-refractivity contribution in [3.63, 3.8) is 0 Å². The summed E-state index contributed by atoms with van der Waals surface area (Å²) in [5, 5.41) is 2.69. The SMILES string of the molecule is CCOC(=O)[C@H]1C(=O)NC(N2CCN(C=O)CC2)=N[C@@H]1c1ccco1. The van der Waals surface area contributed by atoms with E-state index in [4.69, 9.17) is 9.15 Å². The third-order valence-corrected chi connectivity index (χ3v) is 4.23. The van der Waals surface area contributed by atoms with Gasteiger partial charge in [0.05, 0.1) is 12.9 Å². The number of furan rings is 1. The van der Waals surface area contributed by atoms with E-state index in [2.05, 4.69) is 10.3 Å². The molecule has 0 unspecified atom stereocenters. The van der Waals surface area contributed by atoms with Gasteiger partial charge in [-0.15, -0.1) is 0 Å². The number of hydrogen-bond acceptors (Lipinski definition) is 7. The maximum atomic E-state index is 12.6. The highest BCUT2D eigenvalue weighted by atomic mass is 16.5. The number of aliphatic imine (C=N–C) groups is 1. The average molecular weight is 348 g/mol. The van der Waals surface area contributed by atoms with Crippen molar-refractivity contribution in [1.29, 1.82) is 0 Å². The van der Waals surface area contributed by atoms with Crippen LogP contribution in [0.3, 0.4) is 0 Å². The molecule has 2 amide bonds. The third-order valence-electron chi connectivity index (χ3n) is 4.23. The van der Waals surface area contributed by atoms with E-state index < -0.39 is 23.8 Å². The van der Waals surface area contributed by atoms with Crippen LogP contribution in [-0.2, 0) is 19.1 Å². The molecule has 9 nitrogen and oxygen atoms in total. The zero-order chi connectivity index (χ0) is 17.8. The number of guanidine groups is 1. The number of ether oxygens (including phenoxy) is 1. The van der Waals surface area contributed by atoms with Crippen LogP contribution >= 0.6 is 0 Å². The lowest BCUT2D eigenvalue weighted by Gasteiger charge is -2.37. The van der Waals surface area contributed by atoms with Gasteiger partial charge in [0.1, 0.15) is 11.8 Å². The molecule has 2 aliphatic heterocycles. The second kappa shape index (κ2) is 7.37. The van der Waals surface area contributed by atoms with Gasteiger partial charge < -0.3 is 19.0 Å². The van der Waals surface area contributed by atoms with Gasteiger partial charge in [-0.1, -0.05) is 0 Å². The Balaban J connectivity index is 1.86. The van der Waals surface area contributed by atoms with Gasteiger partial charge in [-0.2, -0.15) is 0 Å². The monoisotopic (exact) mass is 348 g/mol. The highest BCUT2D eigenvalue weighted by Gasteiger charge is 2.43. The third kappa shape index (κ3) is 3.49. The fraction of sp³-hybridized carbons (Fsp3) is 0.500. The van der Waals surface area contributed by atoms with Crippen molar-refractivity contribution in [3.8, 4) is 0 Å². The van der Waals surface area contributed by atoms with E-state index in [0.717, 1.165) is 6.41 Å². The van der Waals surface area contributed by atoms with Crippen molar-refractivity contribution in [2.45, 2.75) is 13.0 Å². The average Bonchev–Trinajstić information content (AvgIpc) is 3.16. The number of nitrogens with zero attached hydrogens (tertiary/aromatic N) is 3. The van der Waals surface area contributed by atoms with Crippen molar-refractivity contribution in [1.82, 2.24) is 15.1 Å². The normalized spacial score (nSPS) is 23.7. The predicted octanol–water partition coefficient (Wildman–Crippen LogP) is -0.240. The molecule has 0 saturated carbocycles. The minimum atomic E-state index is -1.09. The molecule has 0 bridgehead atoms. The standard InChI is InChI=1S/C16H20N4O5/c1-2-24-15(23)12-13(11-4-3-9-25-11)17-16(18-14(12)22)20-7-5-19(10-21)6-8-20/h3-4,9-10,12-13H,2,5-8H2,1H3,(H,17,18,22)/t12-,13-/m1/s1. The van der Waals surface area contributed by atoms with Crippen LogP contribution in [0.15, 0.2) is 27.8 Å². The van der Waals surface area contributed by atoms with E-state index in [1.54, 1.807) is 24.0 Å². The van der Waals surface area contributed by atoms with E-state index >= 15 is 0 Å². The Morgan fingerprint density at radius 3 is 2.80 bits per heavy atom. The summed E-state index contributed by atoms with van der Waals surface area (Å²) in [4.78, 5) is 43.7. The molecule has 3 rings (SSSR count). The van der Waals surface area contributed by atoms with Gasteiger partial charge in [0.25, 0.3) is 0 Å². The molecular formula is C16H20N4O5. The number of rotatable bonds is 4. The number of nitrogens with one attached hydrogen (secondary N) is 1.